The van der Waals surface area contributed by atoms with Crippen molar-refractivity contribution < 1.29 is 42.0 Å². The Kier molecular flexibility index (Phi) is 7.53. The number of benzene rings is 1. The third-order valence-corrected chi connectivity index (χ3v) is 6.35. The fraction of sp³-hybridized carbons (Fsp3) is 0.650. The normalized spacial score (nSPS) is 23.3. The van der Waals surface area contributed by atoms with Crippen LogP contribution in [0.15, 0.2) is 12.1 Å². The molecule has 2 heterocycles. The number of hydrogen-bond acceptors (Lipinski definition) is 1. The largest absolute Gasteiger partial charge is 0.314 e. The SMILES string of the molecule is CC[N+]1(C2CCCN(c3c(C)cc(Cl)cc3C)C2=O)CCCCC1.[Y]. The van der Waals surface area contributed by atoms with E-state index in [9.17, 15) is 4.79 Å². The maximum atomic E-state index is 13.5. The molecule has 2 aliphatic heterocycles. The van der Waals surface area contributed by atoms with E-state index in [0.717, 1.165) is 52.3 Å². The Hall–Kier alpha value is 0.0439. The number of nitrogens with zero attached hydrogens (tertiary/aromatic N) is 2. The summed E-state index contributed by atoms with van der Waals surface area (Å²) in [7, 11) is 0. The van der Waals surface area contributed by atoms with E-state index >= 15 is 0 Å². The van der Waals surface area contributed by atoms with Gasteiger partial charge in [0.1, 0.15) is 0 Å². The van der Waals surface area contributed by atoms with Gasteiger partial charge in [0.2, 0.25) is 0 Å². The molecule has 2 saturated heterocycles. The first-order valence-electron chi connectivity index (χ1n) is 9.42. The Morgan fingerprint density at radius 1 is 1.12 bits per heavy atom. The van der Waals surface area contributed by atoms with Crippen molar-refractivity contribution in [2.45, 2.75) is 58.9 Å². The number of rotatable bonds is 3. The molecule has 25 heavy (non-hydrogen) atoms. The average molecular weight is 439 g/mol. The summed E-state index contributed by atoms with van der Waals surface area (Å²) in [6, 6.07) is 4.09. The monoisotopic (exact) mass is 438 g/mol. The van der Waals surface area contributed by atoms with E-state index in [4.69, 9.17) is 11.6 Å². The van der Waals surface area contributed by atoms with Crippen molar-refractivity contribution in [1.29, 1.82) is 0 Å². The molecule has 1 radical (unpaired) electrons. The second-order valence-corrected chi connectivity index (χ2v) is 8.02. The van der Waals surface area contributed by atoms with Crippen LogP contribution in [0.5, 0.6) is 0 Å². The topological polar surface area (TPSA) is 20.3 Å². The van der Waals surface area contributed by atoms with Crippen molar-refractivity contribution in [3.63, 3.8) is 0 Å². The van der Waals surface area contributed by atoms with Crippen LogP contribution in [-0.2, 0) is 37.5 Å². The predicted molar refractivity (Wildman–Crippen MR) is 101 cm³/mol. The van der Waals surface area contributed by atoms with Gasteiger partial charge < -0.3 is 9.38 Å². The van der Waals surface area contributed by atoms with Gasteiger partial charge in [0, 0.05) is 56.4 Å². The first-order chi connectivity index (χ1) is 11.5. The number of hydrogen-bond donors (Lipinski definition) is 0. The Morgan fingerprint density at radius 2 is 1.72 bits per heavy atom. The van der Waals surface area contributed by atoms with Gasteiger partial charge >= 0.3 is 0 Å². The van der Waals surface area contributed by atoms with E-state index in [0.29, 0.717) is 5.91 Å². The number of aryl methyl sites for hydroxylation is 2. The van der Waals surface area contributed by atoms with E-state index in [-0.39, 0.29) is 38.8 Å². The molecule has 0 saturated carbocycles. The van der Waals surface area contributed by atoms with E-state index in [1.807, 2.05) is 12.1 Å². The van der Waals surface area contributed by atoms with Crippen molar-refractivity contribution >= 4 is 23.2 Å². The third-order valence-electron chi connectivity index (χ3n) is 6.13. The molecular weight excluding hydrogens is 409 g/mol. The summed E-state index contributed by atoms with van der Waals surface area (Å²) in [5.74, 6) is 0.332. The van der Waals surface area contributed by atoms with Crippen LogP contribution in [0.1, 0.15) is 50.2 Å². The van der Waals surface area contributed by atoms with Crippen molar-refractivity contribution in [2.75, 3.05) is 31.1 Å². The van der Waals surface area contributed by atoms with Crippen LogP contribution in [0.3, 0.4) is 0 Å². The molecule has 1 amide bonds. The second kappa shape index (κ2) is 8.82. The van der Waals surface area contributed by atoms with Crippen LogP contribution in [0.4, 0.5) is 5.69 Å². The third kappa shape index (κ3) is 4.15. The van der Waals surface area contributed by atoms with E-state index in [1.54, 1.807) is 0 Å². The first kappa shape index (κ1) is 21.3. The minimum Gasteiger partial charge on any atom is -0.314 e. The van der Waals surface area contributed by atoms with Gasteiger partial charge in [-0.1, -0.05) is 11.6 Å². The fourth-order valence-electron chi connectivity index (χ4n) is 4.91. The van der Waals surface area contributed by atoms with Crippen LogP contribution in [-0.4, -0.2) is 42.6 Å². The molecule has 1 aromatic rings. The summed E-state index contributed by atoms with van der Waals surface area (Å²) in [6.45, 7) is 10.6. The molecule has 0 aromatic heterocycles. The van der Waals surface area contributed by atoms with Crippen LogP contribution in [0, 0.1) is 13.8 Å². The molecule has 0 spiro atoms. The Morgan fingerprint density at radius 3 is 2.28 bits per heavy atom. The summed E-state index contributed by atoms with van der Waals surface area (Å²) < 4.78 is 1.00. The summed E-state index contributed by atoms with van der Waals surface area (Å²) in [5, 5.41) is 0.753. The Bertz CT molecular complexity index is 605. The second-order valence-electron chi connectivity index (χ2n) is 7.58. The zero-order valence-electron chi connectivity index (χ0n) is 15.9. The number of carbonyl (C=O) groups excluding carboxylic acids is 1. The van der Waals surface area contributed by atoms with Gasteiger partial charge in [-0.15, -0.1) is 0 Å². The minimum absolute atomic E-state index is 0. The molecule has 3 nitrogen and oxygen atoms in total. The number of likely N-dealkylation sites (tertiary alicyclic amines) is 1. The number of carbonyl (C=O) groups is 1. The molecule has 0 N–H and O–H groups in total. The molecule has 1 atom stereocenters. The quantitative estimate of drug-likeness (QED) is 0.638. The number of anilines is 1. The summed E-state index contributed by atoms with van der Waals surface area (Å²) >= 11 is 6.19. The predicted octanol–water partition coefficient (Wildman–Crippen LogP) is 4.47. The number of halogens is 1. The number of amides is 1. The van der Waals surface area contributed by atoms with Gasteiger partial charge in [0.25, 0.3) is 5.91 Å². The minimum atomic E-state index is 0. The van der Waals surface area contributed by atoms with Crippen molar-refractivity contribution in [2.24, 2.45) is 0 Å². The molecule has 2 fully saturated rings. The zero-order chi connectivity index (χ0) is 17.3. The molecular formula is C20H30ClN2OY+. The first-order valence-corrected chi connectivity index (χ1v) is 9.80. The molecule has 1 aromatic carbocycles. The van der Waals surface area contributed by atoms with Gasteiger partial charge in [0.05, 0.1) is 19.6 Å². The molecule has 5 heteroatoms. The van der Waals surface area contributed by atoms with Crippen molar-refractivity contribution in [3.8, 4) is 0 Å². The Balaban J connectivity index is 0.00000225. The fourth-order valence-corrected chi connectivity index (χ4v) is 5.23. The van der Waals surface area contributed by atoms with Gasteiger partial charge in [-0.25, -0.2) is 0 Å². The van der Waals surface area contributed by atoms with Crippen LogP contribution in [0.2, 0.25) is 5.02 Å². The van der Waals surface area contributed by atoms with Gasteiger partial charge in [0.15, 0.2) is 6.04 Å². The van der Waals surface area contributed by atoms with Crippen LogP contribution < -0.4 is 4.90 Å². The molecule has 0 bridgehead atoms. The van der Waals surface area contributed by atoms with Crippen LogP contribution in [0.25, 0.3) is 0 Å². The van der Waals surface area contributed by atoms with Gasteiger partial charge in [-0.05, 0) is 69.7 Å². The standard InChI is InChI=1S/C20H30ClN2O.Y/c1-4-23(11-6-5-7-12-23)18-9-8-10-22(20(18)24)19-15(2)13-17(21)14-16(19)3;/h13-14,18H,4-12H2,1-3H3;/q+1;. The molecule has 2 aliphatic rings. The number of piperidine rings is 2. The summed E-state index contributed by atoms with van der Waals surface area (Å²) in [4.78, 5) is 15.5. The maximum Gasteiger partial charge on any atom is 0.285 e. The van der Waals surface area contributed by atoms with Gasteiger partial charge in [-0.2, -0.15) is 0 Å². The zero-order valence-corrected chi connectivity index (χ0v) is 19.4. The molecule has 0 aliphatic carbocycles. The molecule has 1 unspecified atom stereocenters. The van der Waals surface area contributed by atoms with E-state index < -0.39 is 0 Å². The van der Waals surface area contributed by atoms with E-state index in [2.05, 4.69) is 25.7 Å². The summed E-state index contributed by atoms with van der Waals surface area (Å²) in [6.07, 6.45) is 5.97. The van der Waals surface area contributed by atoms with E-state index in [1.165, 1.54) is 32.4 Å². The number of likely N-dealkylation sites (N-methyl/N-ethyl adjacent to an activating group) is 1. The molecule has 3 rings (SSSR count). The van der Waals surface area contributed by atoms with Crippen LogP contribution >= 0.6 is 11.6 Å². The van der Waals surface area contributed by atoms with Crippen molar-refractivity contribution in [1.82, 2.24) is 0 Å². The Labute approximate surface area is 182 Å². The number of quaternary nitrogens is 1. The molecule has 135 valence electrons. The summed E-state index contributed by atoms with van der Waals surface area (Å²) in [5.41, 5.74) is 3.30. The van der Waals surface area contributed by atoms with Crippen molar-refractivity contribution in [3.05, 3.63) is 28.3 Å². The average Bonchev–Trinajstić information content (AvgIpc) is 2.56. The smallest absolute Gasteiger partial charge is 0.285 e. The van der Waals surface area contributed by atoms with Gasteiger partial charge in [-0.3, -0.25) is 4.79 Å². The maximum absolute atomic E-state index is 13.5.